The quantitative estimate of drug-likeness (QED) is 0.848. The molecule has 18 heavy (non-hydrogen) atoms. The molecule has 1 heterocycles. The monoisotopic (exact) mass is 248 g/mol. The zero-order chi connectivity index (χ0) is 13.1. The predicted molar refractivity (Wildman–Crippen MR) is 67.2 cm³/mol. The number of fused-ring (bicyclic) bond motifs is 1. The lowest BCUT2D eigenvalue weighted by Crippen LogP contribution is -2.22. The van der Waals surface area contributed by atoms with Gasteiger partial charge in [-0.25, -0.2) is 4.98 Å². The first-order valence-electron chi connectivity index (χ1n) is 5.85. The number of nitrogens with zero attached hydrogens (tertiary/aromatic N) is 1. The van der Waals surface area contributed by atoms with Gasteiger partial charge in [-0.1, -0.05) is 13.0 Å². The van der Waals surface area contributed by atoms with Gasteiger partial charge in [-0.3, -0.25) is 4.79 Å². The molecule has 0 aliphatic rings. The molecule has 1 aromatic heterocycles. The van der Waals surface area contributed by atoms with Crippen LogP contribution < -0.4 is 5.32 Å². The number of carbonyl (C=O) groups is 1. The van der Waals surface area contributed by atoms with Crippen LogP contribution in [-0.2, 0) is 4.79 Å². The highest BCUT2D eigenvalue weighted by Gasteiger charge is 2.19. The fourth-order valence-electron chi connectivity index (χ4n) is 1.96. The topological polar surface area (TPSA) is 75.4 Å². The summed E-state index contributed by atoms with van der Waals surface area (Å²) in [5, 5.41) is 12.1. The maximum atomic E-state index is 10.9. The smallest absolute Gasteiger partial charge is 0.306 e. The summed E-state index contributed by atoms with van der Waals surface area (Å²) in [6.45, 7) is 1.71. The first kappa shape index (κ1) is 12.6. The molecule has 0 radical (unpaired) electrons. The Kier molecular flexibility index (Phi) is 3.62. The predicted octanol–water partition coefficient (Wildman–Crippen LogP) is 2.20. The second-order valence-corrected chi connectivity index (χ2v) is 4.40. The third-order valence-corrected chi connectivity index (χ3v) is 3.12. The number of carboxylic acid groups (broad SMARTS) is 1. The number of nitrogens with one attached hydrogen (secondary N) is 1. The van der Waals surface area contributed by atoms with Crippen LogP contribution in [-0.4, -0.2) is 23.1 Å². The Morgan fingerprint density at radius 3 is 3.00 bits per heavy atom. The Labute approximate surface area is 105 Å². The zero-order valence-electron chi connectivity index (χ0n) is 10.4. The Hall–Kier alpha value is -1.88. The number of aromatic nitrogens is 1. The van der Waals surface area contributed by atoms with Gasteiger partial charge in [0.1, 0.15) is 5.52 Å². The average Bonchev–Trinajstić information content (AvgIpc) is 2.82. The number of carboxylic acids is 1. The highest BCUT2D eigenvalue weighted by atomic mass is 16.4. The van der Waals surface area contributed by atoms with Crippen molar-refractivity contribution in [2.24, 2.45) is 5.92 Å². The largest absolute Gasteiger partial charge is 0.481 e. The van der Waals surface area contributed by atoms with Crippen molar-refractivity contribution < 1.29 is 14.3 Å². The van der Waals surface area contributed by atoms with Gasteiger partial charge in [0.15, 0.2) is 12.0 Å². The normalized spacial score (nSPS) is 14.6. The van der Waals surface area contributed by atoms with Crippen LogP contribution in [0.25, 0.3) is 11.1 Å². The molecule has 0 saturated heterocycles. The molecule has 5 nitrogen and oxygen atoms in total. The first-order valence-corrected chi connectivity index (χ1v) is 5.85. The summed E-state index contributed by atoms with van der Waals surface area (Å²) < 4.78 is 5.25. The Bertz CT molecular complexity index is 550. The molecular weight excluding hydrogens is 232 g/mol. The number of oxazole rings is 1. The lowest BCUT2D eigenvalue weighted by molar-refractivity contribution is -0.141. The van der Waals surface area contributed by atoms with Crippen molar-refractivity contribution in [3.8, 4) is 0 Å². The first-order chi connectivity index (χ1) is 8.61. The molecule has 0 saturated carbocycles. The summed E-state index contributed by atoms with van der Waals surface area (Å²) >= 11 is 0. The molecule has 0 spiro atoms. The van der Waals surface area contributed by atoms with Crippen molar-refractivity contribution in [1.29, 1.82) is 0 Å². The van der Waals surface area contributed by atoms with E-state index in [1.165, 1.54) is 6.39 Å². The Balaban J connectivity index is 2.23. The minimum absolute atomic E-state index is 0.00870. The third kappa shape index (κ3) is 2.51. The van der Waals surface area contributed by atoms with Crippen LogP contribution in [0.4, 0.5) is 0 Å². The minimum atomic E-state index is -0.781. The summed E-state index contributed by atoms with van der Waals surface area (Å²) in [4.78, 5) is 14.9. The highest BCUT2D eigenvalue weighted by molar-refractivity contribution is 5.73. The molecule has 1 aromatic carbocycles. The van der Waals surface area contributed by atoms with Crippen LogP contribution in [0, 0.1) is 5.92 Å². The summed E-state index contributed by atoms with van der Waals surface area (Å²) in [7, 11) is 1.82. The van der Waals surface area contributed by atoms with Gasteiger partial charge in [0.2, 0.25) is 0 Å². The van der Waals surface area contributed by atoms with E-state index in [0.717, 1.165) is 16.7 Å². The summed E-state index contributed by atoms with van der Waals surface area (Å²) in [5.74, 6) is -1.18. The van der Waals surface area contributed by atoms with E-state index >= 15 is 0 Å². The van der Waals surface area contributed by atoms with Gasteiger partial charge in [-0.2, -0.15) is 0 Å². The van der Waals surface area contributed by atoms with Crippen LogP contribution in [0.3, 0.4) is 0 Å². The molecular formula is C13H16N2O3. The van der Waals surface area contributed by atoms with E-state index in [2.05, 4.69) is 10.3 Å². The van der Waals surface area contributed by atoms with Gasteiger partial charge in [-0.15, -0.1) is 0 Å². The SMILES string of the molecule is CNC(CC(C)C(=O)O)c1ccc2ncoc2c1. The molecule has 5 heteroatoms. The fraction of sp³-hybridized carbons (Fsp3) is 0.385. The Morgan fingerprint density at radius 2 is 2.33 bits per heavy atom. The van der Waals surface area contributed by atoms with Crippen molar-refractivity contribution in [2.75, 3.05) is 7.05 Å². The van der Waals surface area contributed by atoms with Crippen LogP contribution in [0.2, 0.25) is 0 Å². The average molecular weight is 248 g/mol. The van der Waals surface area contributed by atoms with Crippen LogP contribution in [0.1, 0.15) is 24.9 Å². The van der Waals surface area contributed by atoms with Crippen molar-refractivity contribution in [3.63, 3.8) is 0 Å². The van der Waals surface area contributed by atoms with Crippen molar-refractivity contribution in [1.82, 2.24) is 10.3 Å². The molecule has 2 unspecified atom stereocenters. The molecule has 0 bridgehead atoms. The van der Waals surface area contributed by atoms with E-state index in [-0.39, 0.29) is 6.04 Å². The molecule has 0 amide bonds. The lowest BCUT2D eigenvalue weighted by atomic mass is 9.96. The lowest BCUT2D eigenvalue weighted by Gasteiger charge is -2.18. The molecule has 0 fully saturated rings. The molecule has 0 aliphatic carbocycles. The minimum Gasteiger partial charge on any atom is -0.481 e. The summed E-state index contributed by atoms with van der Waals surface area (Å²) in [5.41, 5.74) is 2.53. The number of aliphatic carboxylic acids is 1. The summed E-state index contributed by atoms with van der Waals surface area (Å²) in [6, 6.07) is 5.72. The summed E-state index contributed by atoms with van der Waals surface area (Å²) in [6.07, 6.45) is 1.94. The van der Waals surface area contributed by atoms with Crippen LogP contribution >= 0.6 is 0 Å². The van der Waals surface area contributed by atoms with Crippen molar-refractivity contribution >= 4 is 17.1 Å². The van der Waals surface area contributed by atoms with Gasteiger partial charge < -0.3 is 14.8 Å². The number of hydrogen-bond donors (Lipinski definition) is 2. The molecule has 2 rings (SSSR count). The number of rotatable bonds is 5. The molecule has 2 aromatic rings. The van der Waals surface area contributed by atoms with E-state index in [1.54, 1.807) is 6.92 Å². The van der Waals surface area contributed by atoms with E-state index in [9.17, 15) is 4.79 Å². The zero-order valence-corrected chi connectivity index (χ0v) is 10.4. The van der Waals surface area contributed by atoms with Crippen LogP contribution in [0.5, 0.6) is 0 Å². The Morgan fingerprint density at radius 1 is 1.56 bits per heavy atom. The molecule has 0 aliphatic heterocycles. The number of hydrogen-bond acceptors (Lipinski definition) is 4. The van der Waals surface area contributed by atoms with E-state index < -0.39 is 11.9 Å². The maximum absolute atomic E-state index is 10.9. The molecule has 2 N–H and O–H groups in total. The number of benzene rings is 1. The maximum Gasteiger partial charge on any atom is 0.306 e. The fourth-order valence-corrected chi connectivity index (χ4v) is 1.96. The van der Waals surface area contributed by atoms with Gasteiger partial charge in [0, 0.05) is 6.04 Å². The van der Waals surface area contributed by atoms with Crippen molar-refractivity contribution in [2.45, 2.75) is 19.4 Å². The highest BCUT2D eigenvalue weighted by Crippen LogP contribution is 2.24. The van der Waals surface area contributed by atoms with E-state index in [1.807, 2.05) is 25.2 Å². The second kappa shape index (κ2) is 5.18. The van der Waals surface area contributed by atoms with Crippen molar-refractivity contribution in [3.05, 3.63) is 30.2 Å². The third-order valence-electron chi connectivity index (χ3n) is 3.12. The van der Waals surface area contributed by atoms with Gasteiger partial charge in [0.25, 0.3) is 0 Å². The van der Waals surface area contributed by atoms with E-state index in [0.29, 0.717) is 6.42 Å². The second-order valence-electron chi connectivity index (χ2n) is 4.40. The van der Waals surface area contributed by atoms with E-state index in [4.69, 9.17) is 9.52 Å². The van der Waals surface area contributed by atoms with Crippen LogP contribution in [0.15, 0.2) is 29.0 Å². The van der Waals surface area contributed by atoms with Gasteiger partial charge in [-0.05, 0) is 31.2 Å². The molecule has 2 atom stereocenters. The standard InChI is InChI=1S/C13H16N2O3/c1-8(13(16)17)5-11(14-2)9-3-4-10-12(6-9)18-7-15-10/h3-4,6-8,11,14H,5H2,1-2H3,(H,16,17). The van der Waals surface area contributed by atoms with Gasteiger partial charge in [0.05, 0.1) is 5.92 Å². The van der Waals surface area contributed by atoms with Gasteiger partial charge >= 0.3 is 5.97 Å². The molecule has 96 valence electrons.